The number of ether oxygens (including phenoxy) is 1. The maximum atomic E-state index is 13.5. The molecule has 0 bridgehead atoms. The van der Waals surface area contributed by atoms with E-state index in [2.05, 4.69) is 10.3 Å². The van der Waals surface area contributed by atoms with E-state index in [1.807, 2.05) is 29.8 Å². The van der Waals surface area contributed by atoms with Crippen LogP contribution in [0.2, 0.25) is 0 Å². The molecule has 0 radical (unpaired) electrons. The number of pyridine rings is 1. The molecule has 1 amide bonds. The summed E-state index contributed by atoms with van der Waals surface area (Å²) in [5, 5.41) is 2.63. The van der Waals surface area contributed by atoms with E-state index in [9.17, 15) is 9.18 Å². The lowest BCUT2D eigenvalue weighted by molar-refractivity contribution is -0.123. The molecule has 1 N–H and O–H groups in total. The van der Waals surface area contributed by atoms with Crippen LogP contribution in [0.1, 0.15) is 11.3 Å². The lowest BCUT2D eigenvalue weighted by Crippen LogP contribution is -2.28. The van der Waals surface area contributed by atoms with Crippen LogP contribution in [0.15, 0.2) is 48.8 Å². The second-order valence-corrected chi connectivity index (χ2v) is 5.14. The Labute approximate surface area is 132 Å². The van der Waals surface area contributed by atoms with Crippen molar-refractivity contribution in [3.8, 4) is 5.75 Å². The highest BCUT2D eigenvalue weighted by atomic mass is 19.1. The van der Waals surface area contributed by atoms with Crippen LogP contribution >= 0.6 is 0 Å². The summed E-state index contributed by atoms with van der Waals surface area (Å²) in [5.74, 6) is -0.133. The maximum absolute atomic E-state index is 13.5. The van der Waals surface area contributed by atoms with E-state index in [1.54, 1.807) is 24.3 Å². The summed E-state index contributed by atoms with van der Waals surface area (Å²) in [6.45, 7) is 1.86. The SMILES string of the molecule is Cc1cn2cccc(OCC(=O)NCc3ccccc3F)c2n1. The van der Waals surface area contributed by atoms with Crippen LogP contribution in [0.5, 0.6) is 5.75 Å². The van der Waals surface area contributed by atoms with Gasteiger partial charge in [-0.25, -0.2) is 9.37 Å². The summed E-state index contributed by atoms with van der Waals surface area (Å²) >= 11 is 0. The number of aryl methyl sites for hydroxylation is 1. The van der Waals surface area contributed by atoms with Crippen molar-refractivity contribution in [2.24, 2.45) is 0 Å². The van der Waals surface area contributed by atoms with Crippen molar-refractivity contribution >= 4 is 11.6 Å². The number of hydrogen-bond acceptors (Lipinski definition) is 3. The summed E-state index contributed by atoms with van der Waals surface area (Å²) in [4.78, 5) is 16.2. The molecule has 2 heterocycles. The van der Waals surface area contributed by atoms with Gasteiger partial charge in [-0.1, -0.05) is 18.2 Å². The van der Waals surface area contributed by atoms with Gasteiger partial charge < -0.3 is 14.5 Å². The van der Waals surface area contributed by atoms with Crippen LogP contribution in [0.3, 0.4) is 0 Å². The number of fused-ring (bicyclic) bond motifs is 1. The van der Waals surface area contributed by atoms with Crippen molar-refractivity contribution in [3.63, 3.8) is 0 Å². The van der Waals surface area contributed by atoms with Crippen LogP contribution < -0.4 is 10.1 Å². The van der Waals surface area contributed by atoms with E-state index in [0.717, 1.165) is 5.69 Å². The van der Waals surface area contributed by atoms with Crippen molar-refractivity contribution in [2.45, 2.75) is 13.5 Å². The maximum Gasteiger partial charge on any atom is 0.258 e. The molecule has 1 aromatic carbocycles. The van der Waals surface area contributed by atoms with Gasteiger partial charge in [0.2, 0.25) is 0 Å². The van der Waals surface area contributed by atoms with Gasteiger partial charge >= 0.3 is 0 Å². The van der Waals surface area contributed by atoms with Crippen molar-refractivity contribution in [2.75, 3.05) is 6.61 Å². The molecule has 0 saturated carbocycles. The number of hydrogen-bond donors (Lipinski definition) is 1. The Morgan fingerprint density at radius 3 is 2.96 bits per heavy atom. The summed E-state index contributed by atoms with van der Waals surface area (Å²) < 4.78 is 20.8. The van der Waals surface area contributed by atoms with Gasteiger partial charge in [0.1, 0.15) is 5.82 Å². The topological polar surface area (TPSA) is 55.6 Å². The van der Waals surface area contributed by atoms with E-state index in [4.69, 9.17) is 4.74 Å². The average Bonchev–Trinajstić information content (AvgIpc) is 2.93. The third-order valence-electron chi connectivity index (χ3n) is 3.36. The first-order chi connectivity index (χ1) is 11.1. The van der Waals surface area contributed by atoms with Crippen LogP contribution in [-0.2, 0) is 11.3 Å². The normalized spacial score (nSPS) is 10.7. The van der Waals surface area contributed by atoms with Crippen molar-refractivity contribution in [1.82, 2.24) is 14.7 Å². The molecule has 118 valence electrons. The first-order valence-electron chi connectivity index (χ1n) is 7.21. The quantitative estimate of drug-likeness (QED) is 0.787. The van der Waals surface area contributed by atoms with Gasteiger partial charge in [0.15, 0.2) is 18.0 Å². The number of rotatable bonds is 5. The molecular weight excluding hydrogens is 297 g/mol. The molecule has 0 aliphatic heterocycles. The first kappa shape index (κ1) is 15.0. The second kappa shape index (κ2) is 6.48. The van der Waals surface area contributed by atoms with Crippen molar-refractivity contribution < 1.29 is 13.9 Å². The van der Waals surface area contributed by atoms with Gasteiger partial charge in [-0.2, -0.15) is 0 Å². The number of carbonyl (C=O) groups is 1. The van der Waals surface area contributed by atoms with Gasteiger partial charge in [0.25, 0.3) is 5.91 Å². The molecular formula is C17H16FN3O2. The van der Waals surface area contributed by atoms with Gasteiger partial charge in [-0.3, -0.25) is 4.79 Å². The predicted molar refractivity (Wildman–Crippen MR) is 83.7 cm³/mol. The number of nitrogens with zero attached hydrogens (tertiary/aromatic N) is 2. The number of aromatic nitrogens is 2. The van der Waals surface area contributed by atoms with Crippen LogP contribution in [0, 0.1) is 12.7 Å². The van der Waals surface area contributed by atoms with Gasteiger partial charge in [-0.15, -0.1) is 0 Å². The minimum absolute atomic E-state index is 0.127. The van der Waals surface area contributed by atoms with E-state index < -0.39 is 0 Å². The van der Waals surface area contributed by atoms with Crippen LogP contribution in [0.4, 0.5) is 4.39 Å². The average molecular weight is 313 g/mol. The molecule has 3 rings (SSSR count). The number of amides is 1. The van der Waals surface area contributed by atoms with E-state index in [1.165, 1.54) is 6.07 Å². The Morgan fingerprint density at radius 1 is 1.30 bits per heavy atom. The molecule has 0 fully saturated rings. The number of nitrogens with one attached hydrogen (secondary N) is 1. The molecule has 23 heavy (non-hydrogen) atoms. The zero-order valence-electron chi connectivity index (χ0n) is 12.6. The second-order valence-electron chi connectivity index (χ2n) is 5.14. The van der Waals surface area contributed by atoms with E-state index in [0.29, 0.717) is 17.0 Å². The fraction of sp³-hybridized carbons (Fsp3) is 0.176. The summed E-state index contributed by atoms with van der Waals surface area (Å²) in [7, 11) is 0. The Morgan fingerprint density at radius 2 is 2.13 bits per heavy atom. The minimum atomic E-state index is -0.341. The molecule has 3 aromatic rings. The Balaban J connectivity index is 1.59. The first-order valence-corrected chi connectivity index (χ1v) is 7.21. The highest BCUT2D eigenvalue weighted by Crippen LogP contribution is 2.18. The van der Waals surface area contributed by atoms with E-state index in [-0.39, 0.29) is 24.9 Å². The highest BCUT2D eigenvalue weighted by Gasteiger charge is 2.09. The number of halogens is 1. The van der Waals surface area contributed by atoms with Gasteiger partial charge in [0, 0.05) is 24.5 Å². The Bertz CT molecular complexity index is 845. The minimum Gasteiger partial charge on any atom is -0.480 e. The monoisotopic (exact) mass is 313 g/mol. The Hall–Kier alpha value is -2.89. The molecule has 0 atom stereocenters. The molecule has 0 unspecified atom stereocenters. The third kappa shape index (κ3) is 3.48. The molecule has 6 heteroatoms. The zero-order chi connectivity index (χ0) is 16.2. The number of imidazole rings is 1. The van der Waals surface area contributed by atoms with Crippen LogP contribution in [0.25, 0.3) is 5.65 Å². The molecule has 0 aliphatic rings. The predicted octanol–water partition coefficient (Wildman–Crippen LogP) is 2.48. The molecule has 0 aliphatic carbocycles. The largest absolute Gasteiger partial charge is 0.480 e. The molecule has 5 nitrogen and oxygen atoms in total. The standard InChI is InChI=1S/C17H16FN3O2/c1-12-10-21-8-4-7-15(17(21)20-12)23-11-16(22)19-9-13-5-2-3-6-14(13)18/h2-8,10H,9,11H2,1H3,(H,19,22). The fourth-order valence-corrected chi connectivity index (χ4v) is 2.25. The summed E-state index contributed by atoms with van der Waals surface area (Å²) in [5.41, 5.74) is 1.96. The summed E-state index contributed by atoms with van der Waals surface area (Å²) in [6.07, 6.45) is 3.74. The third-order valence-corrected chi connectivity index (χ3v) is 3.36. The number of carbonyl (C=O) groups excluding carboxylic acids is 1. The summed E-state index contributed by atoms with van der Waals surface area (Å²) in [6, 6.07) is 9.90. The number of benzene rings is 1. The lowest BCUT2D eigenvalue weighted by atomic mass is 10.2. The zero-order valence-corrected chi connectivity index (χ0v) is 12.6. The molecule has 2 aromatic heterocycles. The smallest absolute Gasteiger partial charge is 0.258 e. The van der Waals surface area contributed by atoms with Gasteiger partial charge in [-0.05, 0) is 25.1 Å². The van der Waals surface area contributed by atoms with Crippen molar-refractivity contribution in [3.05, 3.63) is 65.9 Å². The van der Waals surface area contributed by atoms with Gasteiger partial charge in [0.05, 0.1) is 5.69 Å². The fourth-order valence-electron chi connectivity index (χ4n) is 2.25. The Kier molecular flexibility index (Phi) is 4.23. The van der Waals surface area contributed by atoms with Crippen LogP contribution in [-0.4, -0.2) is 21.9 Å². The molecule has 0 saturated heterocycles. The van der Waals surface area contributed by atoms with Crippen molar-refractivity contribution in [1.29, 1.82) is 0 Å². The highest BCUT2D eigenvalue weighted by molar-refractivity contribution is 5.77. The molecule has 0 spiro atoms. The van der Waals surface area contributed by atoms with E-state index >= 15 is 0 Å². The lowest BCUT2D eigenvalue weighted by Gasteiger charge is -2.08.